The van der Waals surface area contributed by atoms with Crippen molar-refractivity contribution in [1.82, 2.24) is 0 Å². The zero-order valence-electron chi connectivity index (χ0n) is 10.0. The van der Waals surface area contributed by atoms with E-state index in [9.17, 15) is 0 Å². The van der Waals surface area contributed by atoms with Gasteiger partial charge >= 0.3 is 0 Å². The van der Waals surface area contributed by atoms with Crippen LogP contribution in [-0.4, -0.2) is 0 Å². The summed E-state index contributed by atoms with van der Waals surface area (Å²) in [6, 6.07) is 6.47. The summed E-state index contributed by atoms with van der Waals surface area (Å²) in [6.07, 6.45) is 3.28. The van der Waals surface area contributed by atoms with E-state index in [4.69, 9.17) is 10.2 Å². The summed E-state index contributed by atoms with van der Waals surface area (Å²) in [6.45, 7) is 4.84. The van der Waals surface area contributed by atoms with Crippen molar-refractivity contribution in [2.45, 2.75) is 39.7 Å². The Bertz CT molecular complexity index is 485. The monoisotopic (exact) mass is 217 g/mol. The van der Waals surface area contributed by atoms with Gasteiger partial charge in [-0.3, -0.25) is 0 Å². The summed E-state index contributed by atoms with van der Waals surface area (Å²) >= 11 is 0. The third-order valence-corrected chi connectivity index (χ3v) is 3.02. The highest BCUT2D eigenvalue weighted by Gasteiger charge is 2.11. The van der Waals surface area contributed by atoms with Crippen molar-refractivity contribution >= 4 is 11.0 Å². The fraction of sp³-hybridized carbons (Fsp3) is 0.429. The van der Waals surface area contributed by atoms with E-state index < -0.39 is 0 Å². The number of hydrogen-bond donors (Lipinski definition) is 1. The van der Waals surface area contributed by atoms with Gasteiger partial charge in [-0.1, -0.05) is 26.3 Å². The molecular weight excluding hydrogens is 198 g/mol. The molecule has 0 radical (unpaired) electrons. The standard InChI is InChI=1S/C14H19NO/c1-3-5-10-6-7-13-12(8-10)11(4-2)14(9-15)16-13/h6-8H,3-5,9,15H2,1-2H3. The maximum atomic E-state index is 5.75. The van der Waals surface area contributed by atoms with Gasteiger partial charge in [0.2, 0.25) is 0 Å². The first-order chi connectivity index (χ1) is 7.80. The van der Waals surface area contributed by atoms with Crippen LogP contribution in [0, 0.1) is 0 Å². The Hall–Kier alpha value is -1.28. The molecule has 0 bridgehead atoms. The van der Waals surface area contributed by atoms with Gasteiger partial charge in [0.15, 0.2) is 0 Å². The van der Waals surface area contributed by atoms with E-state index in [0.29, 0.717) is 6.54 Å². The Morgan fingerprint density at radius 1 is 1.25 bits per heavy atom. The molecule has 2 heteroatoms. The lowest BCUT2D eigenvalue weighted by molar-refractivity contribution is 0.546. The van der Waals surface area contributed by atoms with E-state index in [1.165, 1.54) is 22.9 Å². The van der Waals surface area contributed by atoms with Crippen molar-refractivity contribution in [3.8, 4) is 0 Å². The van der Waals surface area contributed by atoms with Gasteiger partial charge in [-0.15, -0.1) is 0 Å². The Balaban J connectivity index is 2.56. The molecule has 1 aromatic heterocycles. The van der Waals surface area contributed by atoms with Crippen LogP contribution in [0.5, 0.6) is 0 Å². The van der Waals surface area contributed by atoms with Gasteiger partial charge in [0, 0.05) is 10.9 Å². The molecule has 2 rings (SSSR count). The van der Waals surface area contributed by atoms with Crippen molar-refractivity contribution in [2.75, 3.05) is 0 Å². The molecule has 0 aliphatic rings. The number of aryl methyl sites for hydroxylation is 2. The van der Waals surface area contributed by atoms with Crippen molar-refractivity contribution < 1.29 is 4.42 Å². The van der Waals surface area contributed by atoms with Crippen LogP contribution in [0.3, 0.4) is 0 Å². The van der Waals surface area contributed by atoms with Crippen LogP contribution >= 0.6 is 0 Å². The van der Waals surface area contributed by atoms with E-state index in [0.717, 1.165) is 24.2 Å². The SMILES string of the molecule is CCCc1ccc2oc(CN)c(CC)c2c1. The molecule has 1 heterocycles. The van der Waals surface area contributed by atoms with Gasteiger partial charge in [0.05, 0.1) is 6.54 Å². The number of rotatable bonds is 4. The van der Waals surface area contributed by atoms with Crippen LogP contribution in [0.25, 0.3) is 11.0 Å². The zero-order valence-corrected chi connectivity index (χ0v) is 10.0. The topological polar surface area (TPSA) is 39.2 Å². The predicted molar refractivity (Wildman–Crippen MR) is 67.5 cm³/mol. The highest BCUT2D eigenvalue weighted by Crippen LogP contribution is 2.27. The van der Waals surface area contributed by atoms with E-state index in [2.05, 4.69) is 32.0 Å². The lowest BCUT2D eigenvalue weighted by Crippen LogP contribution is -1.97. The Morgan fingerprint density at radius 3 is 2.69 bits per heavy atom. The minimum atomic E-state index is 0.487. The quantitative estimate of drug-likeness (QED) is 0.852. The largest absolute Gasteiger partial charge is 0.459 e. The molecule has 0 amide bonds. The number of fused-ring (bicyclic) bond motifs is 1. The van der Waals surface area contributed by atoms with E-state index >= 15 is 0 Å². The van der Waals surface area contributed by atoms with Gasteiger partial charge < -0.3 is 10.2 Å². The minimum absolute atomic E-state index is 0.487. The van der Waals surface area contributed by atoms with Crippen LogP contribution in [-0.2, 0) is 19.4 Å². The molecule has 0 aliphatic heterocycles. The molecule has 2 nitrogen and oxygen atoms in total. The fourth-order valence-corrected chi connectivity index (χ4v) is 2.24. The van der Waals surface area contributed by atoms with Crippen LogP contribution in [0.4, 0.5) is 0 Å². The summed E-state index contributed by atoms with van der Waals surface area (Å²) in [5.74, 6) is 0.936. The maximum absolute atomic E-state index is 5.75. The third-order valence-electron chi connectivity index (χ3n) is 3.02. The molecule has 2 aromatic rings. The average molecular weight is 217 g/mol. The maximum Gasteiger partial charge on any atom is 0.134 e. The molecule has 0 saturated carbocycles. The summed E-state index contributed by atoms with van der Waals surface area (Å²) < 4.78 is 5.75. The lowest BCUT2D eigenvalue weighted by atomic mass is 10.0. The van der Waals surface area contributed by atoms with Crippen LogP contribution in [0.1, 0.15) is 37.2 Å². The van der Waals surface area contributed by atoms with Crippen LogP contribution in [0.15, 0.2) is 22.6 Å². The molecule has 16 heavy (non-hydrogen) atoms. The Morgan fingerprint density at radius 2 is 2.06 bits per heavy atom. The Kier molecular flexibility index (Phi) is 3.30. The highest BCUT2D eigenvalue weighted by atomic mass is 16.3. The molecule has 0 unspecified atom stereocenters. The fourth-order valence-electron chi connectivity index (χ4n) is 2.24. The van der Waals surface area contributed by atoms with Gasteiger partial charge in [0.1, 0.15) is 11.3 Å². The molecule has 0 saturated heterocycles. The number of hydrogen-bond acceptors (Lipinski definition) is 2. The number of benzene rings is 1. The molecule has 0 spiro atoms. The first kappa shape index (κ1) is 11.2. The smallest absolute Gasteiger partial charge is 0.134 e. The summed E-state index contributed by atoms with van der Waals surface area (Å²) in [5, 5.41) is 1.24. The third kappa shape index (κ3) is 1.85. The average Bonchev–Trinajstić information content (AvgIpc) is 2.66. The van der Waals surface area contributed by atoms with Gasteiger partial charge in [0.25, 0.3) is 0 Å². The summed E-state index contributed by atoms with van der Waals surface area (Å²) in [5.41, 5.74) is 9.32. The molecule has 0 atom stereocenters. The molecule has 1 aromatic carbocycles. The van der Waals surface area contributed by atoms with Gasteiger partial charge in [-0.05, 0) is 30.5 Å². The van der Waals surface area contributed by atoms with Crippen LogP contribution in [0.2, 0.25) is 0 Å². The molecule has 2 N–H and O–H groups in total. The van der Waals surface area contributed by atoms with Crippen molar-refractivity contribution in [1.29, 1.82) is 0 Å². The van der Waals surface area contributed by atoms with Crippen molar-refractivity contribution in [3.63, 3.8) is 0 Å². The second-order valence-electron chi connectivity index (χ2n) is 4.14. The minimum Gasteiger partial charge on any atom is -0.459 e. The lowest BCUT2D eigenvalue weighted by Gasteiger charge is -1.99. The zero-order chi connectivity index (χ0) is 11.5. The van der Waals surface area contributed by atoms with E-state index in [1.54, 1.807) is 0 Å². The van der Waals surface area contributed by atoms with Gasteiger partial charge in [-0.25, -0.2) is 0 Å². The molecule has 0 aliphatic carbocycles. The number of nitrogens with two attached hydrogens (primary N) is 1. The Labute approximate surface area is 96.4 Å². The summed E-state index contributed by atoms with van der Waals surface area (Å²) in [4.78, 5) is 0. The highest BCUT2D eigenvalue weighted by molar-refractivity contribution is 5.83. The van der Waals surface area contributed by atoms with Crippen molar-refractivity contribution in [2.24, 2.45) is 5.73 Å². The number of furan rings is 1. The molecule has 86 valence electrons. The second-order valence-corrected chi connectivity index (χ2v) is 4.14. The van der Waals surface area contributed by atoms with Crippen LogP contribution < -0.4 is 5.73 Å². The first-order valence-electron chi connectivity index (χ1n) is 6.03. The predicted octanol–water partition coefficient (Wildman–Crippen LogP) is 3.41. The molecular formula is C14H19NO. The normalized spacial score (nSPS) is 11.2. The van der Waals surface area contributed by atoms with E-state index in [1.807, 2.05) is 0 Å². The second kappa shape index (κ2) is 4.71. The molecule has 0 fully saturated rings. The van der Waals surface area contributed by atoms with Crippen molar-refractivity contribution in [3.05, 3.63) is 35.1 Å². The van der Waals surface area contributed by atoms with Gasteiger partial charge in [-0.2, -0.15) is 0 Å². The summed E-state index contributed by atoms with van der Waals surface area (Å²) in [7, 11) is 0. The van der Waals surface area contributed by atoms with E-state index in [-0.39, 0.29) is 0 Å². The first-order valence-corrected chi connectivity index (χ1v) is 6.03.